The van der Waals surface area contributed by atoms with Gasteiger partial charge in [-0.15, -0.1) is 17.9 Å². The quantitative estimate of drug-likeness (QED) is 0.712. The van der Waals surface area contributed by atoms with Gasteiger partial charge in [0, 0.05) is 24.4 Å². The van der Waals surface area contributed by atoms with Crippen LogP contribution in [0.4, 0.5) is 0 Å². The second kappa shape index (κ2) is 9.67. The zero-order valence-electron chi connectivity index (χ0n) is 13.6. The normalized spacial score (nSPS) is 10.2. The molecule has 0 aliphatic heterocycles. The molecule has 0 bridgehead atoms. The zero-order valence-corrected chi connectivity index (χ0v) is 14.4. The first-order chi connectivity index (χ1) is 11.7. The Bertz CT molecular complexity index is 653. The predicted molar refractivity (Wildman–Crippen MR) is 97.7 cm³/mol. The minimum absolute atomic E-state index is 0.0170. The molecule has 0 saturated heterocycles. The van der Waals surface area contributed by atoms with E-state index in [4.69, 9.17) is 0 Å². The summed E-state index contributed by atoms with van der Waals surface area (Å²) in [6, 6.07) is 13.5. The van der Waals surface area contributed by atoms with Gasteiger partial charge in [0.05, 0.1) is 13.0 Å². The molecule has 2 rings (SSSR count). The molecule has 126 valence electrons. The molecule has 24 heavy (non-hydrogen) atoms. The number of carbonyl (C=O) groups is 2. The van der Waals surface area contributed by atoms with Crippen LogP contribution in [-0.4, -0.2) is 29.8 Å². The Labute approximate surface area is 146 Å². The van der Waals surface area contributed by atoms with Gasteiger partial charge in [-0.3, -0.25) is 9.59 Å². The van der Waals surface area contributed by atoms with E-state index in [9.17, 15) is 9.59 Å². The van der Waals surface area contributed by atoms with Crippen molar-refractivity contribution in [1.82, 2.24) is 10.2 Å². The average Bonchev–Trinajstić information content (AvgIpc) is 3.08. The minimum Gasteiger partial charge on any atom is -0.355 e. The number of hydrogen-bond donors (Lipinski definition) is 1. The molecule has 1 N–H and O–H groups in total. The lowest BCUT2D eigenvalue weighted by Crippen LogP contribution is -2.34. The number of thiophene rings is 1. The van der Waals surface area contributed by atoms with Crippen molar-refractivity contribution >= 4 is 23.2 Å². The molecular formula is C19H22N2O2S. The average molecular weight is 342 g/mol. The van der Waals surface area contributed by atoms with Crippen molar-refractivity contribution in [2.24, 2.45) is 0 Å². The summed E-state index contributed by atoms with van der Waals surface area (Å²) >= 11 is 1.63. The number of carbonyl (C=O) groups excluding carboxylic acids is 2. The van der Waals surface area contributed by atoms with E-state index in [1.165, 1.54) is 0 Å². The van der Waals surface area contributed by atoms with Gasteiger partial charge >= 0.3 is 0 Å². The van der Waals surface area contributed by atoms with E-state index < -0.39 is 0 Å². The largest absolute Gasteiger partial charge is 0.355 e. The van der Waals surface area contributed by atoms with Crippen LogP contribution in [0, 0.1) is 0 Å². The highest BCUT2D eigenvalue weighted by molar-refractivity contribution is 7.09. The SMILES string of the molecule is C=CCN(Cc1cccs1)C(=O)CCNC(=O)Cc1ccccc1. The molecule has 0 fully saturated rings. The lowest BCUT2D eigenvalue weighted by Gasteiger charge is -2.20. The predicted octanol–water partition coefficient (Wildman–Crippen LogP) is 3.01. The second-order valence-corrected chi connectivity index (χ2v) is 6.44. The Morgan fingerprint density at radius 1 is 1.17 bits per heavy atom. The molecule has 0 saturated carbocycles. The fraction of sp³-hybridized carbons (Fsp3) is 0.263. The third-order valence-corrected chi connectivity index (χ3v) is 4.36. The molecule has 1 aromatic carbocycles. The highest BCUT2D eigenvalue weighted by Gasteiger charge is 2.13. The van der Waals surface area contributed by atoms with Crippen LogP contribution in [0.1, 0.15) is 16.9 Å². The Balaban J connectivity index is 1.75. The molecule has 5 heteroatoms. The van der Waals surface area contributed by atoms with Gasteiger partial charge in [-0.25, -0.2) is 0 Å². The van der Waals surface area contributed by atoms with Crippen molar-refractivity contribution in [1.29, 1.82) is 0 Å². The lowest BCUT2D eigenvalue weighted by atomic mass is 10.1. The van der Waals surface area contributed by atoms with Gasteiger partial charge in [-0.05, 0) is 17.0 Å². The molecule has 1 heterocycles. The van der Waals surface area contributed by atoms with Crippen LogP contribution in [0.2, 0.25) is 0 Å². The summed E-state index contributed by atoms with van der Waals surface area (Å²) in [5, 5.41) is 4.80. The Hall–Kier alpha value is -2.40. The third kappa shape index (κ3) is 6.01. The van der Waals surface area contributed by atoms with E-state index in [1.807, 2.05) is 47.8 Å². The maximum absolute atomic E-state index is 12.3. The highest BCUT2D eigenvalue weighted by atomic mass is 32.1. The summed E-state index contributed by atoms with van der Waals surface area (Å²) in [6.07, 6.45) is 2.35. The summed E-state index contributed by atoms with van der Waals surface area (Å²) < 4.78 is 0. The topological polar surface area (TPSA) is 49.4 Å². The Morgan fingerprint density at radius 2 is 1.96 bits per heavy atom. The molecule has 0 spiro atoms. The number of nitrogens with zero attached hydrogens (tertiary/aromatic N) is 1. The standard InChI is InChI=1S/C19H22N2O2S/c1-2-12-21(15-17-9-6-13-24-17)19(23)10-11-20-18(22)14-16-7-4-3-5-8-16/h2-9,13H,1,10-12,14-15H2,(H,20,22). The number of rotatable bonds is 9. The third-order valence-electron chi connectivity index (χ3n) is 3.50. The number of benzene rings is 1. The molecule has 2 aromatic rings. The Morgan fingerprint density at radius 3 is 2.62 bits per heavy atom. The van der Waals surface area contributed by atoms with Crippen molar-refractivity contribution in [3.63, 3.8) is 0 Å². The summed E-state index contributed by atoms with van der Waals surface area (Å²) in [5.74, 6) is -0.0501. The number of amides is 2. The van der Waals surface area contributed by atoms with Gasteiger partial charge < -0.3 is 10.2 Å². The molecule has 0 atom stereocenters. The maximum Gasteiger partial charge on any atom is 0.224 e. The maximum atomic E-state index is 12.3. The zero-order chi connectivity index (χ0) is 17.2. The summed E-state index contributed by atoms with van der Waals surface area (Å²) in [6.45, 7) is 5.15. The number of nitrogens with one attached hydrogen (secondary N) is 1. The Kier molecular flexibility index (Phi) is 7.23. The second-order valence-electron chi connectivity index (χ2n) is 5.40. The van der Waals surface area contributed by atoms with E-state index in [0.29, 0.717) is 32.5 Å². The summed E-state index contributed by atoms with van der Waals surface area (Å²) in [5.41, 5.74) is 0.965. The summed E-state index contributed by atoms with van der Waals surface area (Å²) in [4.78, 5) is 27.1. The van der Waals surface area contributed by atoms with E-state index in [-0.39, 0.29) is 11.8 Å². The molecule has 0 radical (unpaired) electrons. The molecule has 4 nitrogen and oxygen atoms in total. The lowest BCUT2D eigenvalue weighted by molar-refractivity contribution is -0.131. The van der Waals surface area contributed by atoms with Gasteiger partial charge in [-0.2, -0.15) is 0 Å². The molecule has 1 aromatic heterocycles. The fourth-order valence-electron chi connectivity index (χ4n) is 2.31. The van der Waals surface area contributed by atoms with Crippen LogP contribution < -0.4 is 5.32 Å². The van der Waals surface area contributed by atoms with Crippen LogP contribution in [-0.2, 0) is 22.6 Å². The van der Waals surface area contributed by atoms with Gasteiger partial charge in [0.2, 0.25) is 11.8 Å². The van der Waals surface area contributed by atoms with Crippen molar-refractivity contribution in [2.45, 2.75) is 19.4 Å². The molecule has 0 unspecified atom stereocenters. The molecule has 0 aliphatic carbocycles. The van der Waals surface area contributed by atoms with Crippen molar-refractivity contribution in [3.8, 4) is 0 Å². The van der Waals surface area contributed by atoms with Gasteiger partial charge in [0.15, 0.2) is 0 Å². The van der Waals surface area contributed by atoms with Crippen LogP contribution in [0.15, 0.2) is 60.5 Å². The van der Waals surface area contributed by atoms with Crippen LogP contribution in [0.5, 0.6) is 0 Å². The van der Waals surface area contributed by atoms with Crippen LogP contribution in [0.25, 0.3) is 0 Å². The van der Waals surface area contributed by atoms with Gasteiger partial charge in [0.25, 0.3) is 0 Å². The van der Waals surface area contributed by atoms with Crippen molar-refractivity contribution in [3.05, 3.63) is 70.9 Å². The summed E-state index contributed by atoms with van der Waals surface area (Å²) in [7, 11) is 0. The van der Waals surface area contributed by atoms with Gasteiger partial charge in [0.1, 0.15) is 0 Å². The van der Waals surface area contributed by atoms with E-state index >= 15 is 0 Å². The fourth-order valence-corrected chi connectivity index (χ4v) is 3.03. The highest BCUT2D eigenvalue weighted by Crippen LogP contribution is 2.12. The van der Waals surface area contributed by atoms with E-state index in [0.717, 1.165) is 10.4 Å². The van der Waals surface area contributed by atoms with Gasteiger partial charge in [-0.1, -0.05) is 42.5 Å². The molecule has 0 aliphatic rings. The monoisotopic (exact) mass is 342 g/mol. The molecular weight excluding hydrogens is 320 g/mol. The van der Waals surface area contributed by atoms with E-state index in [1.54, 1.807) is 22.3 Å². The van der Waals surface area contributed by atoms with Crippen molar-refractivity contribution < 1.29 is 9.59 Å². The van der Waals surface area contributed by atoms with Crippen molar-refractivity contribution in [2.75, 3.05) is 13.1 Å². The molecule has 2 amide bonds. The number of hydrogen-bond acceptors (Lipinski definition) is 3. The first-order valence-corrected chi connectivity index (χ1v) is 8.78. The van der Waals surface area contributed by atoms with Crippen LogP contribution in [0.3, 0.4) is 0 Å². The first-order valence-electron chi connectivity index (χ1n) is 7.90. The smallest absolute Gasteiger partial charge is 0.224 e. The van der Waals surface area contributed by atoms with Crippen LogP contribution >= 0.6 is 11.3 Å². The minimum atomic E-state index is -0.0671. The first kappa shape index (κ1) is 17.9. The van der Waals surface area contributed by atoms with E-state index in [2.05, 4.69) is 11.9 Å².